The van der Waals surface area contributed by atoms with Crippen molar-refractivity contribution in [2.75, 3.05) is 0 Å². The average Bonchev–Trinajstić information content (AvgIpc) is 2.84. The summed E-state index contributed by atoms with van der Waals surface area (Å²) in [6, 6.07) is 11.7. The number of carbonyl (C=O) groups is 4. The molecule has 0 unspecified atom stereocenters. The van der Waals surface area contributed by atoms with E-state index in [1.807, 2.05) is 0 Å². The fourth-order valence-electron chi connectivity index (χ4n) is 3.89. The van der Waals surface area contributed by atoms with Crippen LogP contribution >= 0.6 is 23.2 Å². The number of amides is 2. The number of hydrogen-bond donors (Lipinski definition) is 2. The minimum absolute atomic E-state index is 0.0324. The molecule has 2 aromatic carbocycles. The number of hydrogen-bond acceptors (Lipinski definition) is 6. The smallest absolute Gasteiger partial charge is 0.331 e. The molecular formula is C28H30Cl2N2O6. The van der Waals surface area contributed by atoms with Crippen LogP contribution in [0.25, 0.3) is 0 Å². The molecule has 10 heteroatoms. The molecule has 0 saturated carbocycles. The first-order chi connectivity index (χ1) is 18.0. The predicted molar refractivity (Wildman–Crippen MR) is 143 cm³/mol. The average molecular weight is 561 g/mol. The van der Waals surface area contributed by atoms with Gasteiger partial charge in [-0.25, -0.2) is 9.59 Å². The standard InChI is InChI=1S/C28H30Cl2N2O6/c1-18(31-24(33)16-20-8-6-10-22(29)14-20)26(35)37-28(12-4-3-5-13-28)38-27(36)19(2)32-25(34)17-21-9-7-11-23(30)15-21/h4,6-12,14-15,18-19H,3,5,13,16-17H2,1-2H3,(H,31,33)(H,32,34)/t18-,19-/m0/s1. The number of halogens is 2. The largest absolute Gasteiger partial charge is 0.417 e. The van der Waals surface area contributed by atoms with Crippen molar-refractivity contribution >= 4 is 47.0 Å². The Labute approximate surface area is 231 Å². The highest BCUT2D eigenvalue weighted by atomic mass is 35.5. The van der Waals surface area contributed by atoms with Crippen LogP contribution < -0.4 is 10.6 Å². The summed E-state index contributed by atoms with van der Waals surface area (Å²) in [5, 5.41) is 6.20. The molecule has 2 atom stereocenters. The van der Waals surface area contributed by atoms with Crippen LogP contribution in [-0.4, -0.2) is 41.6 Å². The lowest BCUT2D eigenvalue weighted by Gasteiger charge is -2.34. The first-order valence-corrected chi connectivity index (χ1v) is 13.0. The van der Waals surface area contributed by atoms with Crippen molar-refractivity contribution in [2.24, 2.45) is 0 Å². The van der Waals surface area contributed by atoms with Gasteiger partial charge >= 0.3 is 11.9 Å². The van der Waals surface area contributed by atoms with Gasteiger partial charge in [-0.05, 0) is 68.2 Å². The van der Waals surface area contributed by atoms with Crippen molar-refractivity contribution in [3.63, 3.8) is 0 Å². The molecule has 0 aromatic heterocycles. The third-order valence-electron chi connectivity index (χ3n) is 5.78. The fourth-order valence-corrected chi connectivity index (χ4v) is 4.31. The second kappa shape index (κ2) is 13.4. The molecule has 0 bridgehead atoms. The second-order valence-corrected chi connectivity index (χ2v) is 10.0. The van der Waals surface area contributed by atoms with Crippen LogP contribution in [0.4, 0.5) is 0 Å². The van der Waals surface area contributed by atoms with Crippen molar-refractivity contribution in [1.29, 1.82) is 0 Å². The van der Waals surface area contributed by atoms with Gasteiger partial charge in [0.2, 0.25) is 11.8 Å². The number of benzene rings is 2. The molecule has 2 aromatic rings. The van der Waals surface area contributed by atoms with E-state index in [0.717, 1.165) is 6.42 Å². The maximum Gasteiger partial charge on any atom is 0.331 e. The van der Waals surface area contributed by atoms with E-state index in [1.165, 1.54) is 19.9 Å². The quantitative estimate of drug-likeness (QED) is 0.254. The highest BCUT2D eigenvalue weighted by Crippen LogP contribution is 2.29. The van der Waals surface area contributed by atoms with Crippen LogP contribution in [0, 0.1) is 0 Å². The van der Waals surface area contributed by atoms with Gasteiger partial charge in [-0.15, -0.1) is 0 Å². The monoisotopic (exact) mass is 560 g/mol. The zero-order valence-electron chi connectivity index (χ0n) is 21.2. The maximum absolute atomic E-state index is 12.9. The molecular weight excluding hydrogens is 531 g/mol. The lowest BCUT2D eigenvalue weighted by atomic mass is 10.0. The third kappa shape index (κ3) is 8.89. The summed E-state index contributed by atoms with van der Waals surface area (Å²) in [5.41, 5.74) is 1.39. The zero-order valence-corrected chi connectivity index (χ0v) is 22.7. The van der Waals surface area contributed by atoms with Gasteiger partial charge < -0.3 is 20.1 Å². The molecule has 8 nitrogen and oxygen atoms in total. The van der Waals surface area contributed by atoms with Crippen molar-refractivity contribution in [1.82, 2.24) is 10.6 Å². The Morgan fingerprint density at radius 2 is 1.32 bits per heavy atom. The molecule has 2 amide bonds. The van der Waals surface area contributed by atoms with Gasteiger partial charge in [-0.3, -0.25) is 9.59 Å². The summed E-state index contributed by atoms with van der Waals surface area (Å²) >= 11 is 11.9. The highest BCUT2D eigenvalue weighted by Gasteiger charge is 2.39. The van der Waals surface area contributed by atoms with Crippen molar-refractivity contribution in [3.05, 3.63) is 81.9 Å². The van der Waals surface area contributed by atoms with Gasteiger partial charge in [0.05, 0.1) is 12.8 Å². The first kappa shape index (κ1) is 29.2. The first-order valence-electron chi connectivity index (χ1n) is 12.3. The van der Waals surface area contributed by atoms with E-state index in [1.54, 1.807) is 54.6 Å². The zero-order chi connectivity index (χ0) is 27.7. The minimum atomic E-state index is -1.63. The topological polar surface area (TPSA) is 111 Å². The van der Waals surface area contributed by atoms with Crippen molar-refractivity contribution in [2.45, 2.75) is 63.8 Å². The Morgan fingerprint density at radius 1 is 0.842 bits per heavy atom. The van der Waals surface area contributed by atoms with Crippen LogP contribution in [0.3, 0.4) is 0 Å². The van der Waals surface area contributed by atoms with Gasteiger partial charge in [0.1, 0.15) is 12.1 Å². The van der Waals surface area contributed by atoms with Crippen LogP contribution in [0.2, 0.25) is 10.0 Å². The molecule has 1 aliphatic carbocycles. The van der Waals surface area contributed by atoms with E-state index < -0.39 is 41.6 Å². The molecule has 0 radical (unpaired) electrons. The van der Waals surface area contributed by atoms with Crippen molar-refractivity contribution < 1.29 is 28.7 Å². The molecule has 0 heterocycles. The normalized spacial score (nSPS) is 15.6. The molecule has 0 saturated heterocycles. The van der Waals surface area contributed by atoms with Crippen molar-refractivity contribution in [3.8, 4) is 0 Å². The van der Waals surface area contributed by atoms with E-state index in [9.17, 15) is 19.2 Å². The van der Waals surface area contributed by atoms with Crippen LogP contribution in [0.1, 0.15) is 44.2 Å². The third-order valence-corrected chi connectivity index (χ3v) is 6.25. The Kier molecular flexibility index (Phi) is 10.3. The highest BCUT2D eigenvalue weighted by molar-refractivity contribution is 6.30. The lowest BCUT2D eigenvalue weighted by molar-refractivity contribution is -0.217. The maximum atomic E-state index is 12.9. The lowest BCUT2D eigenvalue weighted by Crippen LogP contribution is -2.49. The summed E-state index contributed by atoms with van der Waals surface area (Å²) in [7, 11) is 0. The van der Waals surface area contributed by atoms with Gasteiger partial charge in [0.15, 0.2) is 0 Å². The van der Waals surface area contributed by atoms with Crippen LogP contribution in [-0.2, 0) is 41.5 Å². The van der Waals surface area contributed by atoms with E-state index in [-0.39, 0.29) is 19.3 Å². The summed E-state index contributed by atoms with van der Waals surface area (Å²) in [6.07, 6.45) is 4.93. The summed E-state index contributed by atoms with van der Waals surface area (Å²) in [6.45, 7) is 2.97. The Hall–Kier alpha value is -3.36. The summed E-state index contributed by atoms with van der Waals surface area (Å²) < 4.78 is 11.2. The molecule has 2 N–H and O–H groups in total. The van der Waals surface area contributed by atoms with E-state index in [4.69, 9.17) is 32.7 Å². The Bertz CT molecular complexity index is 1130. The predicted octanol–water partition coefficient (Wildman–Crippen LogP) is 4.31. The van der Waals surface area contributed by atoms with Gasteiger partial charge in [0, 0.05) is 16.5 Å². The molecule has 3 rings (SSSR count). The van der Waals surface area contributed by atoms with Crippen LogP contribution in [0.5, 0.6) is 0 Å². The van der Waals surface area contributed by atoms with Gasteiger partial charge in [0.25, 0.3) is 5.79 Å². The molecule has 0 aliphatic heterocycles. The fraction of sp³-hybridized carbons (Fsp3) is 0.357. The second-order valence-electron chi connectivity index (χ2n) is 9.14. The van der Waals surface area contributed by atoms with E-state index in [0.29, 0.717) is 27.6 Å². The van der Waals surface area contributed by atoms with Gasteiger partial charge in [-0.1, -0.05) is 53.5 Å². The number of carbonyl (C=O) groups excluding carboxylic acids is 4. The molecule has 0 spiro atoms. The van der Waals surface area contributed by atoms with E-state index in [2.05, 4.69) is 10.6 Å². The number of ether oxygens (including phenoxy) is 2. The molecule has 202 valence electrons. The molecule has 0 fully saturated rings. The molecule has 1 aliphatic rings. The van der Waals surface area contributed by atoms with Gasteiger partial charge in [-0.2, -0.15) is 0 Å². The number of allylic oxidation sites excluding steroid dienone is 1. The van der Waals surface area contributed by atoms with E-state index >= 15 is 0 Å². The summed E-state index contributed by atoms with van der Waals surface area (Å²) in [5.74, 6) is -3.94. The van der Waals surface area contributed by atoms with Crippen LogP contribution in [0.15, 0.2) is 60.7 Å². The molecule has 38 heavy (non-hydrogen) atoms. The number of rotatable bonds is 10. The number of esters is 2. The Morgan fingerprint density at radius 3 is 1.71 bits per heavy atom. The summed E-state index contributed by atoms with van der Waals surface area (Å²) in [4.78, 5) is 50.6. The number of nitrogens with one attached hydrogen (secondary N) is 2. The Balaban J connectivity index is 1.57. The minimum Gasteiger partial charge on any atom is -0.417 e. The SMILES string of the molecule is C[C@H](NC(=O)Cc1cccc(Cl)c1)C(=O)OC1(OC(=O)[C@H](C)NC(=O)Cc2cccc(Cl)c2)C=CCCC1.